The van der Waals surface area contributed by atoms with Crippen molar-refractivity contribution in [3.05, 3.63) is 0 Å². The Balaban J connectivity index is 4.42. The van der Waals surface area contributed by atoms with E-state index >= 15 is 0 Å². The van der Waals surface area contributed by atoms with E-state index in [-0.39, 0.29) is 4.75 Å². The van der Waals surface area contributed by atoms with Gasteiger partial charge in [-0.3, -0.25) is 0 Å². The summed E-state index contributed by atoms with van der Waals surface area (Å²) in [6.07, 6.45) is 2.65. The molecule has 112 valence electrons. The SMILES string of the molecule is CCC(CC)(CNC(=O)N[C@H](C(=O)O)[C@@H](C)O)SC. The summed E-state index contributed by atoms with van der Waals surface area (Å²) in [5, 5.41) is 23.0. The Morgan fingerprint density at radius 2 is 1.84 bits per heavy atom. The molecule has 6 nitrogen and oxygen atoms in total. The molecule has 0 unspecified atom stereocenters. The number of urea groups is 1. The molecule has 0 spiro atoms. The lowest BCUT2D eigenvalue weighted by Crippen LogP contribution is -2.53. The van der Waals surface area contributed by atoms with E-state index in [1.165, 1.54) is 6.92 Å². The van der Waals surface area contributed by atoms with Crippen molar-refractivity contribution in [1.82, 2.24) is 10.6 Å². The van der Waals surface area contributed by atoms with Crippen molar-refractivity contribution in [3.63, 3.8) is 0 Å². The first-order valence-corrected chi connectivity index (χ1v) is 7.54. The number of carbonyl (C=O) groups excluding carboxylic acids is 1. The highest BCUT2D eigenvalue weighted by Crippen LogP contribution is 2.29. The van der Waals surface area contributed by atoms with Gasteiger partial charge < -0.3 is 20.8 Å². The number of carbonyl (C=O) groups is 2. The van der Waals surface area contributed by atoms with Crippen LogP contribution in [0.5, 0.6) is 0 Å². The van der Waals surface area contributed by atoms with Gasteiger partial charge in [0.25, 0.3) is 0 Å². The van der Waals surface area contributed by atoms with Crippen LogP contribution in [-0.2, 0) is 4.79 Å². The van der Waals surface area contributed by atoms with Crippen LogP contribution in [0.4, 0.5) is 4.79 Å². The Kier molecular flexibility index (Phi) is 7.85. The first kappa shape index (κ1) is 18.0. The number of carboxylic acids is 1. The largest absolute Gasteiger partial charge is 0.480 e. The molecule has 0 aliphatic rings. The summed E-state index contributed by atoms with van der Waals surface area (Å²) in [7, 11) is 0. The van der Waals surface area contributed by atoms with Crippen molar-refractivity contribution in [2.24, 2.45) is 0 Å². The number of aliphatic hydroxyl groups excluding tert-OH is 1. The second-order valence-corrected chi connectivity index (χ2v) is 5.75. The van der Waals surface area contributed by atoms with Gasteiger partial charge in [-0.15, -0.1) is 0 Å². The second-order valence-electron chi connectivity index (χ2n) is 4.48. The van der Waals surface area contributed by atoms with Crippen molar-refractivity contribution in [3.8, 4) is 0 Å². The highest BCUT2D eigenvalue weighted by Gasteiger charge is 2.28. The molecule has 2 atom stereocenters. The predicted octanol–water partition coefficient (Wildman–Crippen LogP) is 1.04. The van der Waals surface area contributed by atoms with Crippen LogP contribution in [0, 0.1) is 0 Å². The first-order chi connectivity index (χ1) is 8.81. The maximum Gasteiger partial charge on any atom is 0.328 e. The third kappa shape index (κ3) is 5.69. The zero-order valence-electron chi connectivity index (χ0n) is 11.9. The minimum atomic E-state index is -1.30. The summed E-state index contributed by atoms with van der Waals surface area (Å²) in [6.45, 7) is 5.88. The van der Waals surface area contributed by atoms with Crippen molar-refractivity contribution in [2.75, 3.05) is 12.8 Å². The zero-order chi connectivity index (χ0) is 15.1. The van der Waals surface area contributed by atoms with E-state index in [0.29, 0.717) is 6.54 Å². The lowest BCUT2D eigenvalue weighted by Gasteiger charge is -2.30. The number of rotatable bonds is 8. The third-order valence-corrected chi connectivity index (χ3v) is 4.92. The molecule has 0 rings (SSSR count). The van der Waals surface area contributed by atoms with E-state index in [1.54, 1.807) is 11.8 Å². The molecule has 0 aromatic carbocycles. The van der Waals surface area contributed by atoms with Crippen LogP contribution in [0.15, 0.2) is 0 Å². The van der Waals surface area contributed by atoms with E-state index in [1.807, 2.05) is 6.26 Å². The van der Waals surface area contributed by atoms with Gasteiger partial charge in [0.2, 0.25) is 0 Å². The van der Waals surface area contributed by atoms with Gasteiger partial charge >= 0.3 is 12.0 Å². The molecular weight excluding hydrogens is 268 g/mol. The minimum Gasteiger partial charge on any atom is -0.480 e. The molecule has 2 amide bonds. The average Bonchev–Trinajstić information content (AvgIpc) is 2.37. The Labute approximate surface area is 118 Å². The van der Waals surface area contributed by atoms with Gasteiger partial charge in [-0.05, 0) is 26.0 Å². The van der Waals surface area contributed by atoms with Crippen LogP contribution in [-0.4, -0.2) is 51.9 Å². The number of carboxylic acid groups (broad SMARTS) is 1. The highest BCUT2D eigenvalue weighted by molar-refractivity contribution is 8.00. The third-order valence-electron chi connectivity index (χ3n) is 3.33. The lowest BCUT2D eigenvalue weighted by atomic mass is 10.0. The van der Waals surface area contributed by atoms with E-state index in [4.69, 9.17) is 5.11 Å². The van der Waals surface area contributed by atoms with Crippen LogP contribution in [0.3, 0.4) is 0 Å². The molecule has 4 N–H and O–H groups in total. The summed E-state index contributed by atoms with van der Waals surface area (Å²) in [5.74, 6) is -1.26. The van der Waals surface area contributed by atoms with E-state index in [0.717, 1.165) is 12.8 Å². The molecule has 0 aromatic heterocycles. The van der Waals surface area contributed by atoms with Crippen molar-refractivity contribution in [1.29, 1.82) is 0 Å². The minimum absolute atomic E-state index is 0.0408. The quantitative estimate of drug-likeness (QED) is 0.536. The summed E-state index contributed by atoms with van der Waals surface area (Å²) in [4.78, 5) is 22.5. The standard InChI is InChI=1S/C12H24N2O4S/c1-5-12(6-2,19-4)7-13-11(18)14-9(8(3)15)10(16)17/h8-9,15H,5-7H2,1-4H3,(H,16,17)(H2,13,14,18)/t8-,9+/m1/s1. The summed E-state index contributed by atoms with van der Waals surface area (Å²) >= 11 is 1.68. The molecule has 7 heteroatoms. The Bertz CT molecular complexity index is 298. The molecule has 0 aliphatic carbocycles. The average molecular weight is 292 g/mol. The van der Waals surface area contributed by atoms with Gasteiger partial charge in [0.1, 0.15) is 0 Å². The highest BCUT2D eigenvalue weighted by atomic mass is 32.2. The Hall–Kier alpha value is -0.950. The summed E-state index contributed by atoms with van der Waals surface area (Å²) in [6, 6.07) is -1.87. The van der Waals surface area contributed by atoms with Crippen LogP contribution in [0.25, 0.3) is 0 Å². The smallest absolute Gasteiger partial charge is 0.328 e. The molecule has 0 heterocycles. The normalized spacial score (nSPS) is 14.6. The van der Waals surface area contributed by atoms with E-state index < -0.39 is 24.1 Å². The maximum absolute atomic E-state index is 11.7. The molecule has 0 radical (unpaired) electrons. The number of hydrogen-bond acceptors (Lipinski definition) is 4. The van der Waals surface area contributed by atoms with Crippen molar-refractivity contribution < 1.29 is 19.8 Å². The molecule has 0 aliphatic heterocycles. The van der Waals surface area contributed by atoms with E-state index in [9.17, 15) is 14.7 Å². The fourth-order valence-corrected chi connectivity index (χ4v) is 2.48. The van der Waals surface area contributed by atoms with Crippen LogP contribution in [0.1, 0.15) is 33.6 Å². The predicted molar refractivity (Wildman–Crippen MR) is 76.5 cm³/mol. The molecule has 19 heavy (non-hydrogen) atoms. The number of hydrogen-bond donors (Lipinski definition) is 4. The molecule has 0 aromatic rings. The topological polar surface area (TPSA) is 98.7 Å². The zero-order valence-corrected chi connectivity index (χ0v) is 12.7. The van der Waals surface area contributed by atoms with Gasteiger partial charge in [0, 0.05) is 11.3 Å². The number of aliphatic hydroxyl groups is 1. The van der Waals surface area contributed by atoms with E-state index in [2.05, 4.69) is 24.5 Å². The lowest BCUT2D eigenvalue weighted by molar-refractivity contribution is -0.141. The second kappa shape index (κ2) is 8.27. The van der Waals surface area contributed by atoms with Gasteiger partial charge in [-0.1, -0.05) is 13.8 Å². The Morgan fingerprint density at radius 1 is 1.32 bits per heavy atom. The Morgan fingerprint density at radius 3 is 2.16 bits per heavy atom. The number of aliphatic carboxylic acids is 1. The molecule has 0 fully saturated rings. The summed E-state index contributed by atoms with van der Waals surface area (Å²) < 4.78 is -0.0408. The molecule has 0 bridgehead atoms. The van der Waals surface area contributed by atoms with Gasteiger partial charge in [0.05, 0.1) is 6.10 Å². The van der Waals surface area contributed by atoms with Crippen LogP contribution < -0.4 is 10.6 Å². The van der Waals surface area contributed by atoms with Gasteiger partial charge in [-0.2, -0.15) is 11.8 Å². The van der Waals surface area contributed by atoms with Crippen molar-refractivity contribution in [2.45, 2.75) is 50.5 Å². The molecule has 0 saturated heterocycles. The first-order valence-electron chi connectivity index (χ1n) is 6.32. The fraction of sp³-hybridized carbons (Fsp3) is 0.833. The molecular formula is C12H24N2O4S. The molecule has 0 saturated carbocycles. The fourth-order valence-electron chi connectivity index (χ4n) is 1.68. The maximum atomic E-state index is 11.7. The summed E-state index contributed by atoms with van der Waals surface area (Å²) in [5.41, 5.74) is 0. The number of thioether (sulfide) groups is 1. The monoisotopic (exact) mass is 292 g/mol. The van der Waals surface area contributed by atoms with Gasteiger partial charge in [-0.25, -0.2) is 9.59 Å². The number of amides is 2. The van der Waals surface area contributed by atoms with Crippen molar-refractivity contribution >= 4 is 23.8 Å². The number of nitrogens with one attached hydrogen (secondary N) is 2. The van der Waals surface area contributed by atoms with Crippen LogP contribution >= 0.6 is 11.8 Å². The van der Waals surface area contributed by atoms with Crippen LogP contribution in [0.2, 0.25) is 0 Å². The van der Waals surface area contributed by atoms with Gasteiger partial charge in [0.15, 0.2) is 6.04 Å².